The van der Waals surface area contributed by atoms with Gasteiger partial charge in [-0.3, -0.25) is 9.59 Å². The first-order valence-corrected chi connectivity index (χ1v) is 8.99. The second-order valence-corrected chi connectivity index (χ2v) is 6.23. The highest BCUT2D eigenvalue weighted by Gasteiger charge is 2.10. The van der Waals surface area contributed by atoms with Crippen LogP contribution in [-0.4, -0.2) is 29.8 Å². The molecule has 0 heterocycles. The second kappa shape index (κ2) is 10.9. The Hall–Kier alpha value is -3.02. The molecule has 0 saturated carbocycles. The van der Waals surface area contributed by atoms with Crippen LogP contribution < -0.4 is 10.1 Å². The van der Waals surface area contributed by atoms with Gasteiger partial charge in [0.15, 0.2) is 0 Å². The molecule has 0 aliphatic carbocycles. The summed E-state index contributed by atoms with van der Waals surface area (Å²) in [5, 5.41) is 11.8. The molecule has 0 radical (unpaired) electrons. The van der Waals surface area contributed by atoms with Gasteiger partial charge >= 0.3 is 11.9 Å². The lowest BCUT2D eigenvalue weighted by Gasteiger charge is -2.15. The molecule has 6 nitrogen and oxygen atoms in total. The Morgan fingerprint density at radius 3 is 2.26 bits per heavy atom. The number of anilines is 2. The zero-order chi connectivity index (χ0) is 19.5. The summed E-state index contributed by atoms with van der Waals surface area (Å²) in [4.78, 5) is 22.1. The van der Waals surface area contributed by atoms with Crippen LogP contribution >= 0.6 is 0 Å². The maximum atomic E-state index is 11.7. The Kier molecular flexibility index (Phi) is 8.16. The van der Waals surface area contributed by atoms with Gasteiger partial charge in [0.05, 0.1) is 0 Å². The van der Waals surface area contributed by atoms with E-state index in [2.05, 4.69) is 5.32 Å². The highest BCUT2D eigenvalue weighted by molar-refractivity contribution is 5.70. The molecule has 144 valence electrons. The average molecular weight is 371 g/mol. The van der Waals surface area contributed by atoms with Gasteiger partial charge in [0, 0.05) is 24.2 Å². The minimum Gasteiger partial charge on any atom is -0.490 e. The Balaban J connectivity index is 1.68. The van der Waals surface area contributed by atoms with Crippen LogP contribution in [0, 0.1) is 0 Å². The monoisotopic (exact) mass is 371 g/mol. The highest BCUT2D eigenvalue weighted by atomic mass is 16.6. The fourth-order valence-electron chi connectivity index (χ4n) is 2.40. The molecule has 0 aliphatic rings. The van der Waals surface area contributed by atoms with E-state index in [-0.39, 0.29) is 31.5 Å². The van der Waals surface area contributed by atoms with Crippen molar-refractivity contribution in [3.63, 3.8) is 0 Å². The summed E-state index contributed by atoms with van der Waals surface area (Å²) >= 11 is 0. The van der Waals surface area contributed by atoms with Gasteiger partial charge in [0.1, 0.15) is 18.5 Å². The lowest BCUT2D eigenvalue weighted by atomic mass is 10.2. The number of carboxylic acids is 1. The summed E-state index contributed by atoms with van der Waals surface area (Å²) in [6.45, 7) is 2.02. The van der Waals surface area contributed by atoms with Crippen LogP contribution in [0.5, 0.6) is 5.75 Å². The summed E-state index contributed by atoms with van der Waals surface area (Å²) < 4.78 is 10.9. The van der Waals surface area contributed by atoms with E-state index >= 15 is 0 Å². The first-order chi connectivity index (χ1) is 13.0. The van der Waals surface area contributed by atoms with Crippen molar-refractivity contribution in [3.05, 3.63) is 54.6 Å². The predicted octanol–water partition coefficient (Wildman–Crippen LogP) is 4.39. The van der Waals surface area contributed by atoms with E-state index < -0.39 is 5.97 Å². The summed E-state index contributed by atoms with van der Waals surface area (Å²) in [5.41, 5.74) is 1.96. The maximum Gasteiger partial charge on any atom is 0.306 e. The van der Waals surface area contributed by atoms with Crippen molar-refractivity contribution < 1.29 is 24.2 Å². The van der Waals surface area contributed by atoms with E-state index in [4.69, 9.17) is 14.6 Å². The van der Waals surface area contributed by atoms with E-state index in [0.717, 1.165) is 11.4 Å². The number of benzene rings is 2. The van der Waals surface area contributed by atoms with Crippen molar-refractivity contribution in [2.24, 2.45) is 0 Å². The van der Waals surface area contributed by atoms with Gasteiger partial charge in [0.25, 0.3) is 0 Å². The molecule has 6 heteroatoms. The van der Waals surface area contributed by atoms with Gasteiger partial charge < -0.3 is 19.9 Å². The van der Waals surface area contributed by atoms with Crippen LogP contribution in [0.4, 0.5) is 11.4 Å². The first-order valence-electron chi connectivity index (χ1n) is 8.99. The molecule has 2 aromatic carbocycles. The number of hydrogen-bond acceptors (Lipinski definition) is 5. The number of hydrogen-bond donors (Lipinski definition) is 2. The lowest BCUT2D eigenvalue weighted by molar-refractivity contribution is -0.150. The van der Waals surface area contributed by atoms with Crippen molar-refractivity contribution in [1.82, 2.24) is 0 Å². The zero-order valence-electron chi connectivity index (χ0n) is 15.4. The highest BCUT2D eigenvalue weighted by Crippen LogP contribution is 2.20. The maximum absolute atomic E-state index is 11.7. The Labute approximate surface area is 159 Å². The fourth-order valence-corrected chi connectivity index (χ4v) is 2.40. The molecule has 0 bridgehead atoms. The number of esters is 1. The zero-order valence-corrected chi connectivity index (χ0v) is 15.4. The summed E-state index contributed by atoms with van der Waals surface area (Å²) in [5.74, 6) is -0.494. The molecule has 27 heavy (non-hydrogen) atoms. The van der Waals surface area contributed by atoms with Crippen LogP contribution in [-0.2, 0) is 14.3 Å². The number of unbranched alkanes of at least 4 members (excludes halogenated alkanes) is 1. The third-order valence-corrected chi connectivity index (χ3v) is 3.76. The number of carbonyl (C=O) groups excluding carboxylic acids is 1. The predicted molar refractivity (Wildman–Crippen MR) is 103 cm³/mol. The second-order valence-electron chi connectivity index (χ2n) is 6.23. The smallest absolute Gasteiger partial charge is 0.306 e. The largest absolute Gasteiger partial charge is 0.490 e. The van der Waals surface area contributed by atoms with Crippen molar-refractivity contribution in [1.29, 1.82) is 0 Å². The van der Waals surface area contributed by atoms with Crippen LogP contribution in [0.3, 0.4) is 0 Å². The Bertz CT molecular complexity index is 715. The number of ether oxygens (including phenoxy) is 2. The standard InChI is InChI=1S/C21H25NO5/c1-16(27-21(25)10-6-5-9-20(23)24)15-26-19-13-11-18(12-14-19)22-17-7-3-2-4-8-17/h2-4,7-8,11-14,16,22H,5-6,9-10,15H2,1H3,(H,23,24). The van der Waals surface area contributed by atoms with Gasteiger partial charge in [0.2, 0.25) is 0 Å². The lowest BCUT2D eigenvalue weighted by Crippen LogP contribution is -2.21. The molecule has 2 rings (SSSR count). The van der Waals surface area contributed by atoms with Crippen molar-refractivity contribution >= 4 is 23.3 Å². The number of para-hydroxylation sites is 1. The third kappa shape index (κ3) is 8.27. The molecule has 2 N–H and O–H groups in total. The number of nitrogens with one attached hydrogen (secondary N) is 1. The molecule has 1 atom stereocenters. The number of carbonyl (C=O) groups is 2. The molecule has 0 aromatic heterocycles. The van der Waals surface area contributed by atoms with Crippen LogP contribution in [0.2, 0.25) is 0 Å². The van der Waals surface area contributed by atoms with Gasteiger partial charge in [-0.2, -0.15) is 0 Å². The van der Waals surface area contributed by atoms with Gasteiger partial charge in [-0.1, -0.05) is 18.2 Å². The van der Waals surface area contributed by atoms with Crippen molar-refractivity contribution in [3.8, 4) is 5.75 Å². The van der Waals surface area contributed by atoms with Crippen molar-refractivity contribution in [2.75, 3.05) is 11.9 Å². The summed E-state index contributed by atoms with van der Waals surface area (Å²) in [7, 11) is 0. The quantitative estimate of drug-likeness (QED) is 0.450. The summed E-state index contributed by atoms with van der Waals surface area (Å²) in [6, 6.07) is 17.4. The fraction of sp³-hybridized carbons (Fsp3) is 0.333. The van der Waals surface area contributed by atoms with E-state index in [1.54, 1.807) is 6.92 Å². The molecule has 0 saturated heterocycles. The molecule has 2 aromatic rings. The van der Waals surface area contributed by atoms with E-state index in [1.165, 1.54) is 0 Å². The molecular weight excluding hydrogens is 346 g/mol. The molecule has 0 amide bonds. The van der Waals surface area contributed by atoms with Gasteiger partial charge in [-0.05, 0) is 56.2 Å². The molecule has 0 fully saturated rings. The topological polar surface area (TPSA) is 84.9 Å². The van der Waals surface area contributed by atoms with Gasteiger partial charge in [-0.15, -0.1) is 0 Å². The first kappa shape index (κ1) is 20.3. The number of carboxylic acid groups (broad SMARTS) is 1. The molecule has 0 aliphatic heterocycles. The normalized spacial score (nSPS) is 11.4. The SMILES string of the molecule is CC(COc1ccc(Nc2ccccc2)cc1)OC(=O)CCCCC(=O)O. The van der Waals surface area contributed by atoms with E-state index in [9.17, 15) is 9.59 Å². The van der Waals surface area contributed by atoms with Crippen LogP contribution in [0.25, 0.3) is 0 Å². The van der Waals surface area contributed by atoms with Crippen LogP contribution in [0.1, 0.15) is 32.6 Å². The number of rotatable bonds is 11. The van der Waals surface area contributed by atoms with E-state index in [1.807, 2.05) is 54.6 Å². The molecule has 0 spiro atoms. The van der Waals surface area contributed by atoms with Gasteiger partial charge in [-0.25, -0.2) is 0 Å². The number of aliphatic carboxylic acids is 1. The minimum absolute atomic E-state index is 0.0705. The van der Waals surface area contributed by atoms with E-state index in [0.29, 0.717) is 18.6 Å². The minimum atomic E-state index is -0.852. The average Bonchev–Trinajstić information content (AvgIpc) is 2.65. The van der Waals surface area contributed by atoms with Crippen molar-refractivity contribution in [2.45, 2.75) is 38.7 Å². The molecule has 1 unspecified atom stereocenters. The summed E-state index contributed by atoms with van der Waals surface area (Å²) in [6.07, 6.45) is 0.894. The Morgan fingerprint density at radius 2 is 1.59 bits per heavy atom. The van der Waals surface area contributed by atoms with Crippen LogP contribution in [0.15, 0.2) is 54.6 Å². The Morgan fingerprint density at radius 1 is 0.963 bits per heavy atom. The molecular formula is C21H25NO5. The third-order valence-electron chi connectivity index (χ3n) is 3.76.